The molecule has 0 saturated carbocycles. The van der Waals surface area contributed by atoms with E-state index in [-0.39, 0.29) is 5.78 Å². The van der Waals surface area contributed by atoms with Gasteiger partial charge in [0.1, 0.15) is 0 Å². The zero-order valence-electron chi connectivity index (χ0n) is 5.61. The molecule has 0 bridgehead atoms. The molecular weight excluding hydrogens is 114 g/mol. The van der Waals surface area contributed by atoms with Crippen molar-refractivity contribution in [2.45, 2.75) is 19.8 Å². The van der Waals surface area contributed by atoms with E-state index in [0.29, 0.717) is 6.42 Å². The lowest BCUT2D eigenvalue weighted by atomic mass is 10.3. The molecule has 1 aliphatic carbocycles. The molecule has 0 spiro atoms. The van der Waals surface area contributed by atoms with Gasteiger partial charge in [0, 0.05) is 24.7 Å². The van der Waals surface area contributed by atoms with Gasteiger partial charge >= 0.3 is 0 Å². The van der Waals surface area contributed by atoms with Crippen LogP contribution in [0.1, 0.15) is 19.8 Å². The maximum Gasteiger partial charge on any atom is 0.157 e. The first kappa shape index (κ1) is 6.33. The lowest BCUT2D eigenvalue weighted by molar-refractivity contribution is -0.114. The number of nitrogens with one attached hydrogen (secondary N) is 1. The summed E-state index contributed by atoms with van der Waals surface area (Å²) in [5.41, 5.74) is 1.10. The normalized spacial score (nSPS) is 17.9. The fourth-order valence-corrected chi connectivity index (χ4v) is 0.963. The largest absolute Gasteiger partial charge is 0.389 e. The maximum atomic E-state index is 10.6. The average molecular weight is 125 g/mol. The standard InChI is InChI=1S/C7H11NO/c1-2-8-6-3-4-7(9)5-6/h5,8H,2-4H2,1H3. The van der Waals surface area contributed by atoms with Crippen LogP contribution in [-0.4, -0.2) is 12.3 Å². The summed E-state index contributed by atoms with van der Waals surface area (Å²) in [4.78, 5) is 10.6. The van der Waals surface area contributed by atoms with Crippen molar-refractivity contribution in [3.05, 3.63) is 11.8 Å². The average Bonchev–Trinajstić information content (AvgIpc) is 2.17. The molecule has 0 aliphatic heterocycles. The van der Waals surface area contributed by atoms with Crippen LogP contribution in [0.3, 0.4) is 0 Å². The van der Waals surface area contributed by atoms with Gasteiger partial charge in [-0.2, -0.15) is 0 Å². The molecule has 0 amide bonds. The fraction of sp³-hybridized carbons (Fsp3) is 0.571. The predicted octanol–water partition coefficient (Wildman–Crippen LogP) is 0.843. The molecule has 1 N–H and O–H groups in total. The second-order valence-electron chi connectivity index (χ2n) is 2.17. The van der Waals surface area contributed by atoms with E-state index in [9.17, 15) is 4.79 Å². The van der Waals surface area contributed by atoms with Crippen LogP contribution in [-0.2, 0) is 4.79 Å². The first-order chi connectivity index (χ1) is 4.33. The highest BCUT2D eigenvalue weighted by Crippen LogP contribution is 2.10. The summed E-state index contributed by atoms with van der Waals surface area (Å²) in [5.74, 6) is 0.256. The topological polar surface area (TPSA) is 29.1 Å². The minimum absolute atomic E-state index is 0.256. The Balaban J connectivity index is 2.42. The summed E-state index contributed by atoms with van der Waals surface area (Å²) in [6.45, 7) is 2.95. The van der Waals surface area contributed by atoms with Crippen LogP contribution in [0, 0.1) is 0 Å². The van der Waals surface area contributed by atoms with Gasteiger partial charge in [0.25, 0.3) is 0 Å². The Morgan fingerprint density at radius 1 is 1.67 bits per heavy atom. The van der Waals surface area contributed by atoms with Crippen molar-refractivity contribution in [1.82, 2.24) is 5.32 Å². The molecule has 0 aromatic heterocycles. The third kappa shape index (κ3) is 1.56. The molecule has 0 aromatic carbocycles. The summed E-state index contributed by atoms with van der Waals surface area (Å²) in [5, 5.41) is 3.12. The summed E-state index contributed by atoms with van der Waals surface area (Å²) in [6, 6.07) is 0. The lowest BCUT2D eigenvalue weighted by Crippen LogP contribution is -2.09. The van der Waals surface area contributed by atoms with Gasteiger partial charge in [-0.1, -0.05) is 0 Å². The van der Waals surface area contributed by atoms with Crippen LogP contribution in [0.2, 0.25) is 0 Å². The van der Waals surface area contributed by atoms with E-state index in [0.717, 1.165) is 18.7 Å². The van der Waals surface area contributed by atoms with Crippen molar-refractivity contribution in [2.75, 3.05) is 6.54 Å². The van der Waals surface area contributed by atoms with Crippen LogP contribution >= 0.6 is 0 Å². The van der Waals surface area contributed by atoms with Crippen LogP contribution < -0.4 is 5.32 Å². The molecule has 0 fully saturated rings. The Morgan fingerprint density at radius 2 is 2.44 bits per heavy atom. The molecule has 0 atom stereocenters. The van der Waals surface area contributed by atoms with Crippen molar-refractivity contribution >= 4 is 5.78 Å². The second-order valence-corrected chi connectivity index (χ2v) is 2.17. The molecule has 1 aliphatic rings. The highest BCUT2D eigenvalue weighted by atomic mass is 16.1. The maximum absolute atomic E-state index is 10.6. The van der Waals surface area contributed by atoms with E-state index >= 15 is 0 Å². The van der Waals surface area contributed by atoms with E-state index in [1.807, 2.05) is 6.92 Å². The zero-order valence-corrected chi connectivity index (χ0v) is 5.61. The van der Waals surface area contributed by atoms with Gasteiger partial charge in [0.05, 0.1) is 0 Å². The van der Waals surface area contributed by atoms with Crippen molar-refractivity contribution in [3.8, 4) is 0 Å². The number of rotatable bonds is 2. The van der Waals surface area contributed by atoms with Crippen LogP contribution in [0.25, 0.3) is 0 Å². The quantitative estimate of drug-likeness (QED) is 0.592. The van der Waals surface area contributed by atoms with E-state index in [1.54, 1.807) is 6.08 Å². The van der Waals surface area contributed by atoms with E-state index < -0.39 is 0 Å². The highest BCUT2D eigenvalue weighted by Gasteiger charge is 2.09. The minimum atomic E-state index is 0.256. The number of carbonyl (C=O) groups is 1. The van der Waals surface area contributed by atoms with Gasteiger partial charge in [-0.05, 0) is 13.3 Å². The van der Waals surface area contributed by atoms with Crippen LogP contribution in [0.5, 0.6) is 0 Å². The Morgan fingerprint density at radius 3 is 2.89 bits per heavy atom. The number of ketones is 1. The monoisotopic (exact) mass is 125 g/mol. The molecule has 2 heteroatoms. The molecule has 50 valence electrons. The van der Waals surface area contributed by atoms with Crippen molar-refractivity contribution in [1.29, 1.82) is 0 Å². The third-order valence-corrected chi connectivity index (χ3v) is 1.38. The minimum Gasteiger partial charge on any atom is -0.389 e. The van der Waals surface area contributed by atoms with E-state index in [1.165, 1.54) is 0 Å². The lowest BCUT2D eigenvalue weighted by Gasteiger charge is -1.99. The van der Waals surface area contributed by atoms with E-state index in [4.69, 9.17) is 0 Å². The SMILES string of the molecule is CCNC1=CC(=O)CC1. The number of hydrogen-bond acceptors (Lipinski definition) is 2. The smallest absolute Gasteiger partial charge is 0.157 e. The summed E-state index contributed by atoms with van der Waals surface area (Å²) >= 11 is 0. The van der Waals surface area contributed by atoms with Gasteiger partial charge in [-0.25, -0.2) is 0 Å². The molecule has 0 radical (unpaired) electrons. The Bertz CT molecular complexity index is 149. The molecular formula is C7H11NO. The molecule has 9 heavy (non-hydrogen) atoms. The number of carbonyl (C=O) groups excluding carboxylic acids is 1. The third-order valence-electron chi connectivity index (χ3n) is 1.38. The van der Waals surface area contributed by atoms with Crippen LogP contribution in [0.15, 0.2) is 11.8 Å². The molecule has 0 saturated heterocycles. The molecule has 2 nitrogen and oxygen atoms in total. The van der Waals surface area contributed by atoms with E-state index in [2.05, 4.69) is 5.32 Å². The van der Waals surface area contributed by atoms with Gasteiger partial charge in [-0.15, -0.1) is 0 Å². The summed E-state index contributed by atoms with van der Waals surface area (Å²) in [7, 11) is 0. The Kier molecular flexibility index (Phi) is 1.88. The molecule has 0 heterocycles. The molecule has 0 unspecified atom stereocenters. The van der Waals surface area contributed by atoms with Gasteiger partial charge < -0.3 is 5.32 Å². The first-order valence-electron chi connectivity index (χ1n) is 3.30. The number of hydrogen-bond donors (Lipinski definition) is 1. The fourth-order valence-electron chi connectivity index (χ4n) is 0.963. The molecule has 0 aromatic rings. The summed E-state index contributed by atoms with van der Waals surface area (Å²) < 4.78 is 0. The number of allylic oxidation sites excluding steroid dienone is 2. The van der Waals surface area contributed by atoms with Crippen molar-refractivity contribution in [2.24, 2.45) is 0 Å². The van der Waals surface area contributed by atoms with Crippen LogP contribution in [0.4, 0.5) is 0 Å². The summed E-state index contributed by atoms with van der Waals surface area (Å²) in [6.07, 6.45) is 3.30. The Labute approximate surface area is 54.9 Å². The first-order valence-corrected chi connectivity index (χ1v) is 3.30. The predicted molar refractivity (Wildman–Crippen MR) is 36.0 cm³/mol. The van der Waals surface area contributed by atoms with Gasteiger partial charge in [-0.3, -0.25) is 4.79 Å². The second kappa shape index (κ2) is 2.67. The Hall–Kier alpha value is -0.790. The van der Waals surface area contributed by atoms with Gasteiger partial charge in [0.2, 0.25) is 0 Å². The molecule has 1 rings (SSSR count). The highest BCUT2D eigenvalue weighted by molar-refractivity contribution is 5.92. The van der Waals surface area contributed by atoms with Crippen molar-refractivity contribution in [3.63, 3.8) is 0 Å². The zero-order chi connectivity index (χ0) is 6.69. The van der Waals surface area contributed by atoms with Crippen molar-refractivity contribution < 1.29 is 4.79 Å². The van der Waals surface area contributed by atoms with Gasteiger partial charge in [0.15, 0.2) is 5.78 Å².